The van der Waals surface area contributed by atoms with Gasteiger partial charge in [-0.3, -0.25) is 9.10 Å². The average Bonchev–Trinajstić information content (AvgIpc) is 3.25. The molecule has 0 aliphatic carbocycles. The van der Waals surface area contributed by atoms with Crippen LogP contribution >= 0.6 is 11.3 Å². The highest BCUT2D eigenvalue weighted by Crippen LogP contribution is 2.29. The number of thiophene rings is 1. The van der Waals surface area contributed by atoms with Crippen LogP contribution in [0.3, 0.4) is 0 Å². The molecule has 1 N–H and O–H groups in total. The molecule has 2 aromatic carbocycles. The van der Waals surface area contributed by atoms with Crippen molar-refractivity contribution in [3.8, 4) is 0 Å². The average molecular weight is 429 g/mol. The first-order chi connectivity index (χ1) is 13.9. The Morgan fingerprint density at radius 1 is 0.931 bits per heavy atom. The smallest absolute Gasteiger partial charge is 0.267 e. The second kappa shape index (κ2) is 8.80. The highest BCUT2D eigenvalue weighted by Gasteiger charge is 2.28. The van der Waals surface area contributed by atoms with Crippen LogP contribution in [0.15, 0.2) is 64.9 Å². The summed E-state index contributed by atoms with van der Waals surface area (Å²) in [6, 6.07) is 16.4. The van der Waals surface area contributed by atoms with E-state index in [1.54, 1.807) is 17.5 Å². The third-order valence-corrected chi connectivity index (χ3v) is 7.67. The second-order valence-corrected chi connectivity index (χ2v) is 9.46. The number of aryl methyl sites for hydroxylation is 2. The van der Waals surface area contributed by atoms with Gasteiger partial charge in [-0.2, -0.15) is 0 Å². The standard InChI is InChI=1S/C22H24N2O3S2/c1-4-16-6-10-18(11-7-16)23-22(25)21-20(14-15-28-21)29(26,27)24(3)19-12-8-17(5-2)9-13-19/h6-15H,4-5H2,1-3H3,(H,23,25). The van der Waals surface area contributed by atoms with Crippen molar-refractivity contribution in [1.29, 1.82) is 0 Å². The Morgan fingerprint density at radius 3 is 2.03 bits per heavy atom. The molecule has 0 aliphatic rings. The van der Waals surface area contributed by atoms with Gasteiger partial charge in [-0.05, 0) is 59.7 Å². The molecular formula is C22H24N2O3S2. The lowest BCUT2D eigenvalue weighted by Gasteiger charge is -2.20. The zero-order valence-electron chi connectivity index (χ0n) is 16.7. The van der Waals surface area contributed by atoms with Crippen LogP contribution in [0.25, 0.3) is 0 Å². The van der Waals surface area contributed by atoms with E-state index in [4.69, 9.17) is 0 Å². The van der Waals surface area contributed by atoms with Crippen molar-refractivity contribution in [2.24, 2.45) is 0 Å². The molecule has 0 aliphatic heterocycles. The molecule has 0 saturated carbocycles. The molecule has 3 aromatic rings. The number of benzene rings is 2. The van der Waals surface area contributed by atoms with Gasteiger partial charge in [0.05, 0.1) is 5.69 Å². The Labute approximate surface area is 176 Å². The molecule has 1 amide bonds. The third-order valence-electron chi connectivity index (χ3n) is 4.80. The number of nitrogens with one attached hydrogen (secondary N) is 1. The fourth-order valence-electron chi connectivity index (χ4n) is 2.91. The van der Waals surface area contributed by atoms with Gasteiger partial charge >= 0.3 is 0 Å². The summed E-state index contributed by atoms with van der Waals surface area (Å²) in [6.07, 6.45) is 1.79. The van der Waals surface area contributed by atoms with Crippen LogP contribution in [-0.2, 0) is 22.9 Å². The van der Waals surface area contributed by atoms with E-state index in [9.17, 15) is 13.2 Å². The van der Waals surface area contributed by atoms with Crippen molar-refractivity contribution < 1.29 is 13.2 Å². The van der Waals surface area contributed by atoms with Crippen LogP contribution in [0.2, 0.25) is 0 Å². The van der Waals surface area contributed by atoms with Crippen molar-refractivity contribution in [3.05, 3.63) is 76.0 Å². The quantitative estimate of drug-likeness (QED) is 0.579. The molecule has 29 heavy (non-hydrogen) atoms. The number of carbonyl (C=O) groups is 1. The van der Waals surface area contributed by atoms with E-state index in [2.05, 4.69) is 12.2 Å². The molecule has 0 unspecified atom stereocenters. The van der Waals surface area contributed by atoms with Crippen LogP contribution in [0.5, 0.6) is 0 Å². The molecule has 0 bridgehead atoms. The SMILES string of the molecule is CCc1ccc(NC(=O)c2sccc2S(=O)(=O)N(C)c2ccc(CC)cc2)cc1. The monoisotopic (exact) mass is 428 g/mol. The van der Waals surface area contributed by atoms with Crippen molar-refractivity contribution in [3.63, 3.8) is 0 Å². The molecule has 1 heterocycles. The summed E-state index contributed by atoms with van der Waals surface area (Å²) in [5.41, 5.74) is 3.48. The first-order valence-corrected chi connectivity index (χ1v) is 11.7. The lowest BCUT2D eigenvalue weighted by Crippen LogP contribution is -2.28. The molecule has 0 radical (unpaired) electrons. The Bertz CT molecular complexity index is 1090. The zero-order chi connectivity index (χ0) is 21.0. The van der Waals surface area contributed by atoms with Crippen LogP contribution in [0.4, 0.5) is 11.4 Å². The molecule has 5 nitrogen and oxygen atoms in total. The minimum Gasteiger partial charge on any atom is -0.321 e. The van der Waals surface area contributed by atoms with E-state index >= 15 is 0 Å². The summed E-state index contributed by atoms with van der Waals surface area (Å²) in [6.45, 7) is 4.10. The van der Waals surface area contributed by atoms with Crippen molar-refractivity contribution in [1.82, 2.24) is 0 Å². The summed E-state index contributed by atoms with van der Waals surface area (Å²) in [4.78, 5) is 12.9. The maximum atomic E-state index is 13.2. The Kier molecular flexibility index (Phi) is 6.39. The fourth-order valence-corrected chi connectivity index (χ4v) is 5.40. The lowest BCUT2D eigenvalue weighted by atomic mass is 10.1. The maximum Gasteiger partial charge on any atom is 0.267 e. The van der Waals surface area contributed by atoms with Gasteiger partial charge in [-0.25, -0.2) is 8.42 Å². The minimum atomic E-state index is -3.86. The van der Waals surface area contributed by atoms with E-state index in [1.807, 2.05) is 43.3 Å². The van der Waals surface area contributed by atoms with E-state index in [0.29, 0.717) is 11.4 Å². The zero-order valence-corrected chi connectivity index (χ0v) is 18.3. The maximum absolute atomic E-state index is 13.2. The minimum absolute atomic E-state index is 0.00671. The Balaban J connectivity index is 1.85. The van der Waals surface area contributed by atoms with Gasteiger partial charge in [-0.1, -0.05) is 38.1 Å². The highest BCUT2D eigenvalue weighted by atomic mass is 32.2. The topological polar surface area (TPSA) is 66.5 Å². The van der Waals surface area contributed by atoms with Gasteiger partial charge in [-0.15, -0.1) is 11.3 Å². The lowest BCUT2D eigenvalue weighted by molar-refractivity contribution is 0.102. The van der Waals surface area contributed by atoms with Crippen LogP contribution in [-0.4, -0.2) is 21.4 Å². The summed E-state index contributed by atoms with van der Waals surface area (Å²) in [5, 5.41) is 4.41. The van der Waals surface area contributed by atoms with Gasteiger partial charge in [0.1, 0.15) is 9.77 Å². The number of rotatable bonds is 7. The molecule has 7 heteroatoms. The number of sulfonamides is 1. The summed E-state index contributed by atoms with van der Waals surface area (Å²) < 4.78 is 27.5. The molecule has 152 valence electrons. The molecule has 0 fully saturated rings. The fraction of sp³-hybridized carbons (Fsp3) is 0.227. The van der Waals surface area contributed by atoms with Crippen molar-refractivity contribution in [2.45, 2.75) is 31.6 Å². The van der Waals surface area contributed by atoms with Gasteiger partial charge in [0.25, 0.3) is 15.9 Å². The van der Waals surface area contributed by atoms with Crippen molar-refractivity contribution >= 4 is 38.6 Å². The van der Waals surface area contributed by atoms with Crippen LogP contribution in [0, 0.1) is 0 Å². The predicted octanol–water partition coefficient (Wildman–Crippen LogP) is 4.95. The van der Waals surface area contributed by atoms with E-state index < -0.39 is 15.9 Å². The van der Waals surface area contributed by atoms with Gasteiger partial charge in [0, 0.05) is 12.7 Å². The summed E-state index contributed by atoms with van der Waals surface area (Å²) in [7, 11) is -2.36. The van der Waals surface area contributed by atoms with Gasteiger partial charge < -0.3 is 5.32 Å². The number of carbonyl (C=O) groups excluding carboxylic acids is 1. The van der Waals surface area contributed by atoms with Gasteiger partial charge in [0.15, 0.2) is 0 Å². The van der Waals surface area contributed by atoms with Crippen molar-refractivity contribution in [2.75, 3.05) is 16.7 Å². The number of amides is 1. The summed E-state index contributed by atoms with van der Waals surface area (Å²) in [5.74, 6) is -0.433. The highest BCUT2D eigenvalue weighted by molar-refractivity contribution is 7.93. The predicted molar refractivity (Wildman–Crippen MR) is 120 cm³/mol. The van der Waals surface area contributed by atoms with E-state index in [0.717, 1.165) is 35.3 Å². The van der Waals surface area contributed by atoms with E-state index in [1.165, 1.54) is 17.4 Å². The Hall–Kier alpha value is -2.64. The van der Waals surface area contributed by atoms with Gasteiger partial charge in [0.2, 0.25) is 0 Å². The Morgan fingerprint density at radius 2 is 1.48 bits per heavy atom. The number of anilines is 2. The third kappa shape index (κ3) is 4.52. The van der Waals surface area contributed by atoms with Crippen LogP contribution in [0.1, 0.15) is 34.6 Å². The normalized spacial score (nSPS) is 11.3. The molecule has 0 atom stereocenters. The second-order valence-electron chi connectivity index (χ2n) is 6.61. The number of hydrogen-bond donors (Lipinski definition) is 1. The molecular weight excluding hydrogens is 404 g/mol. The van der Waals surface area contributed by atoms with E-state index in [-0.39, 0.29) is 9.77 Å². The number of hydrogen-bond acceptors (Lipinski definition) is 4. The first-order valence-electron chi connectivity index (χ1n) is 9.42. The number of nitrogens with zero attached hydrogens (tertiary/aromatic N) is 1. The first kappa shape index (κ1) is 21.1. The molecule has 1 aromatic heterocycles. The molecule has 0 spiro atoms. The molecule has 0 saturated heterocycles. The summed E-state index contributed by atoms with van der Waals surface area (Å²) >= 11 is 1.11. The molecule has 3 rings (SSSR count). The van der Waals surface area contributed by atoms with Crippen LogP contribution < -0.4 is 9.62 Å². The largest absolute Gasteiger partial charge is 0.321 e.